The summed E-state index contributed by atoms with van der Waals surface area (Å²) in [4.78, 5) is 15.7. The van der Waals surface area contributed by atoms with Crippen molar-refractivity contribution in [2.75, 3.05) is 13.3 Å². The Labute approximate surface area is 165 Å². The molecule has 0 spiro atoms. The number of amides is 1. The van der Waals surface area contributed by atoms with Crippen molar-refractivity contribution in [2.45, 2.75) is 49.5 Å². The molecule has 0 N–H and O–H groups in total. The summed E-state index contributed by atoms with van der Waals surface area (Å²) in [5.41, 5.74) is 2.48. The van der Waals surface area contributed by atoms with E-state index in [9.17, 15) is 9.00 Å². The van der Waals surface area contributed by atoms with Crippen molar-refractivity contribution < 1.29 is 9.00 Å². The molecule has 2 atom stereocenters. The Hall–Kier alpha value is -1.94. The van der Waals surface area contributed by atoms with Crippen molar-refractivity contribution in [2.24, 2.45) is 5.92 Å². The largest absolute Gasteiger partial charge is 0.339 e. The van der Waals surface area contributed by atoms with Crippen LogP contribution in [0, 0.1) is 5.92 Å². The Kier molecular flexibility index (Phi) is 6.48. The molecule has 0 radical (unpaired) electrons. The van der Waals surface area contributed by atoms with Gasteiger partial charge in [0, 0.05) is 34.9 Å². The molecule has 3 nitrogen and oxygen atoms in total. The SMILES string of the molecule is C[C@@H](c1ccc([S@](C)=O)cc1)N(C)C(=O)C1CCC(c2ccccc2)CC1. The minimum Gasteiger partial charge on any atom is -0.339 e. The van der Waals surface area contributed by atoms with E-state index in [0.29, 0.717) is 5.92 Å². The molecule has 1 saturated carbocycles. The van der Waals surface area contributed by atoms with Gasteiger partial charge in [0.2, 0.25) is 5.91 Å². The summed E-state index contributed by atoms with van der Waals surface area (Å²) in [5.74, 6) is 0.956. The second kappa shape index (κ2) is 8.83. The van der Waals surface area contributed by atoms with Crippen molar-refractivity contribution in [1.29, 1.82) is 0 Å². The smallest absolute Gasteiger partial charge is 0.225 e. The molecule has 0 heterocycles. The van der Waals surface area contributed by atoms with Crippen LogP contribution in [0.5, 0.6) is 0 Å². The summed E-state index contributed by atoms with van der Waals surface area (Å²) < 4.78 is 11.6. The van der Waals surface area contributed by atoms with E-state index >= 15 is 0 Å². The number of hydrogen-bond acceptors (Lipinski definition) is 2. The van der Waals surface area contributed by atoms with Crippen molar-refractivity contribution >= 4 is 16.7 Å². The molecule has 1 aliphatic rings. The molecule has 144 valence electrons. The monoisotopic (exact) mass is 383 g/mol. The number of carbonyl (C=O) groups is 1. The molecule has 4 heteroatoms. The van der Waals surface area contributed by atoms with Gasteiger partial charge in [0.1, 0.15) is 0 Å². The maximum atomic E-state index is 13.0. The van der Waals surface area contributed by atoms with Gasteiger partial charge in [-0.2, -0.15) is 0 Å². The molecule has 0 unspecified atom stereocenters. The lowest BCUT2D eigenvalue weighted by Gasteiger charge is -2.33. The zero-order valence-corrected chi connectivity index (χ0v) is 17.2. The van der Waals surface area contributed by atoms with Crippen molar-refractivity contribution in [3.63, 3.8) is 0 Å². The third-order valence-electron chi connectivity index (χ3n) is 5.97. The van der Waals surface area contributed by atoms with Gasteiger partial charge in [-0.1, -0.05) is 42.5 Å². The van der Waals surface area contributed by atoms with E-state index in [1.807, 2.05) is 36.2 Å². The molecule has 0 saturated heterocycles. The minimum atomic E-state index is -0.974. The van der Waals surface area contributed by atoms with Crippen LogP contribution in [0.1, 0.15) is 55.7 Å². The summed E-state index contributed by atoms with van der Waals surface area (Å²) >= 11 is 0. The number of benzene rings is 2. The van der Waals surface area contributed by atoms with Gasteiger partial charge in [0.05, 0.1) is 6.04 Å². The van der Waals surface area contributed by atoms with Crippen LogP contribution in [0.25, 0.3) is 0 Å². The highest BCUT2D eigenvalue weighted by Crippen LogP contribution is 2.37. The summed E-state index contributed by atoms with van der Waals surface area (Å²) in [5, 5.41) is 0. The van der Waals surface area contributed by atoms with Gasteiger partial charge in [-0.3, -0.25) is 9.00 Å². The topological polar surface area (TPSA) is 37.4 Å². The molecular weight excluding hydrogens is 354 g/mol. The average molecular weight is 384 g/mol. The first kappa shape index (κ1) is 19.8. The van der Waals surface area contributed by atoms with E-state index in [1.165, 1.54) is 5.56 Å². The predicted molar refractivity (Wildman–Crippen MR) is 111 cm³/mol. The first-order chi connectivity index (χ1) is 13.0. The summed E-state index contributed by atoms with van der Waals surface area (Å²) in [6.45, 7) is 2.06. The highest BCUT2D eigenvalue weighted by molar-refractivity contribution is 7.84. The summed E-state index contributed by atoms with van der Waals surface area (Å²) in [6, 6.07) is 18.4. The lowest BCUT2D eigenvalue weighted by molar-refractivity contribution is -0.137. The van der Waals surface area contributed by atoms with Crippen LogP contribution in [-0.4, -0.2) is 28.3 Å². The van der Waals surface area contributed by atoms with Gasteiger partial charge in [0.25, 0.3) is 0 Å². The fraction of sp³-hybridized carbons (Fsp3) is 0.435. The molecule has 0 bridgehead atoms. The zero-order valence-electron chi connectivity index (χ0n) is 16.4. The Morgan fingerprint density at radius 1 is 1.00 bits per heavy atom. The Balaban J connectivity index is 1.59. The lowest BCUT2D eigenvalue weighted by Crippen LogP contribution is -2.36. The molecule has 27 heavy (non-hydrogen) atoms. The van der Waals surface area contributed by atoms with E-state index in [0.717, 1.165) is 36.1 Å². The van der Waals surface area contributed by atoms with E-state index in [4.69, 9.17) is 0 Å². The van der Waals surface area contributed by atoms with E-state index in [-0.39, 0.29) is 17.9 Å². The molecule has 0 aromatic heterocycles. The zero-order chi connectivity index (χ0) is 19.4. The highest BCUT2D eigenvalue weighted by Gasteiger charge is 2.30. The standard InChI is InChI=1S/C23H29NO2S/c1-17(18-13-15-22(16-14-18)27(3)26)24(2)23(25)21-11-9-20(10-12-21)19-7-5-4-6-8-19/h4-8,13-17,20-21H,9-12H2,1-3H3/t17-,20?,21?,27-/m0/s1. The molecule has 1 amide bonds. The Morgan fingerprint density at radius 3 is 2.15 bits per heavy atom. The molecule has 0 aliphatic heterocycles. The normalized spacial score (nSPS) is 22.0. The number of nitrogens with zero attached hydrogens (tertiary/aromatic N) is 1. The minimum absolute atomic E-state index is 0.0173. The van der Waals surface area contributed by atoms with Crippen LogP contribution in [0.2, 0.25) is 0 Å². The number of hydrogen-bond donors (Lipinski definition) is 0. The van der Waals surface area contributed by atoms with Crippen molar-refractivity contribution in [3.05, 3.63) is 65.7 Å². The molecule has 3 rings (SSSR count). The van der Waals surface area contributed by atoms with Crippen LogP contribution in [0.15, 0.2) is 59.5 Å². The second-order valence-corrected chi connectivity index (χ2v) is 8.99. The number of rotatable bonds is 5. The summed E-state index contributed by atoms with van der Waals surface area (Å²) in [6.07, 6.45) is 5.77. The highest BCUT2D eigenvalue weighted by atomic mass is 32.2. The van der Waals surface area contributed by atoms with Gasteiger partial charge in [0.15, 0.2) is 0 Å². The van der Waals surface area contributed by atoms with Gasteiger partial charge in [-0.05, 0) is 61.8 Å². The lowest BCUT2D eigenvalue weighted by atomic mass is 9.78. The quantitative estimate of drug-likeness (QED) is 0.735. The van der Waals surface area contributed by atoms with Gasteiger partial charge < -0.3 is 4.90 Å². The van der Waals surface area contributed by atoms with E-state index < -0.39 is 10.8 Å². The first-order valence-corrected chi connectivity index (χ1v) is 11.3. The van der Waals surface area contributed by atoms with Crippen LogP contribution < -0.4 is 0 Å². The maximum absolute atomic E-state index is 13.0. The third kappa shape index (κ3) is 4.67. The van der Waals surface area contributed by atoms with Crippen molar-refractivity contribution in [1.82, 2.24) is 4.90 Å². The summed E-state index contributed by atoms with van der Waals surface area (Å²) in [7, 11) is 0.931. The van der Waals surface area contributed by atoms with Crippen LogP contribution in [0.4, 0.5) is 0 Å². The van der Waals surface area contributed by atoms with E-state index in [1.54, 1.807) is 6.26 Å². The first-order valence-electron chi connectivity index (χ1n) is 9.72. The number of carbonyl (C=O) groups excluding carboxylic acids is 1. The third-order valence-corrected chi connectivity index (χ3v) is 6.91. The molecule has 1 aliphatic carbocycles. The van der Waals surface area contributed by atoms with Crippen LogP contribution in [-0.2, 0) is 15.6 Å². The fourth-order valence-corrected chi connectivity index (χ4v) is 4.56. The van der Waals surface area contributed by atoms with Crippen LogP contribution in [0.3, 0.4) is 0 Å². The molecule has 2 aromatic rings. The maximum Gasteiger partial charge on any atom is 0.225 e. The van der Waals surface area contributed by atoms with Gasteiger partial charge in [-0.25, -0.2) is 0 Å². The fourth-order valence-electron chi connectivity index (χ4n) is 4.04. The Bertz CT molecular complexity index is 780. The van der Waals surface area contributed by atoms with Crippen molar-refractivity contribution in [3.8, 4) is 0 Å². The van der Waals surface area contributed by atoms with E-state index in [2.05, 4.69) is 37.3 Å². The predicted octanol–water partition coefficient (Wildman–Crippen LogP) is 4.92. The molecule has 2 aromatic carbocycles. The van der Waals surface area contributed by atoms with Crippen LogP contribution >= 0.6 is 0 Å². The molecule has 1 fully saturated rings. The molecular formula is C23H29NO2S. The second-order valence-electron chi connectivity index (χ2n) is 7.61. The average Bonchev–Trinajstić information content (AvgIpc) is 2.73. The van der Waals surface area contributed by atoms with Gasteiger partial charge in [-0.15, -0.1) is 0 Å². The Morgan fingerprint density at radius 2 is 1.59 bits per heavy atom. The van der Waals surface area contributed by atoms with Gasteiger partial charge >= 0.3 is 0 Å².